The van der Waals surface area contributed by atoms with Crippen LogP contribution in [0.2, 0.25) is 0 Å². The Morgan fingerprint density at radius 2 is 1.71 bits per heavy atom. The van der Waals surface area contributed by atoms with Crippen molar-refractivity contribution in [2.24, 2.45) is 0 Å². The summed E-state index contributed by atoms with van der Waals surface area (Å²) in [5, 5.41) is 10.6. The molecule has 0 aliphatic carbocycles. The van der Waals surface area contributed by atoms with E-state index in [4.69, 9.17) is 0 Å². The molecule has 2 aromatic carbocycles. The SMILES string of the molecule is C=CCn1c(SCC(=O)Nc2cc(C(F)(F)F)cc(C(F)(F)F)c2)nnc1-c1cccc(C)c1. The van der Waals surface area contributed by atoms with Crippen LogP contribution in [-0.2, 0) is 23.7 Å². The van der Waals surface area contributed by atoms with E-state index in [1.807, 2.05) is 31.2 Å². The Labute approximate surface area is 194 Å². The van der Waals surface area contributed by atoms with Crippen LogP contribution in [0.3, 0.4) is 0 Å². The number of thioether (sulfide) groups is 1. The fraction of sp³-hybridized carbons (Fsp3) is 0.227. The first-order valence-corrected chi connectivity index (χ1v) is 10.7. The van der Waals surface area contributed by atoms with Crippen LogP contribution < -0.4 is 5.32 Å². The van der Waals surface area contributed by atoms with E-state index in [-0.39, 0.29) is 11.8 Å². The predicted molar refractivity (Wildman–Crippen MR) is 116 cm³/mol. The number of allylic oxidation sites excluding steroid dienone is 1. The molecule has 0 atom stereocenters. The number of hydrogen-bond donors (Lipinski definition) is 1. The molecular weight excluding hydrogens is 482 g/mol. The second kappa shape index (κ2) is 9.92. The van der Waals surface area contributed by atoms with E-state index in [0.717, 1.165) is 22.9 Å². The third-order valence-corrected chi connectivity index (χ3v) is 5.48. The summed E-state index contributed by atoms with van der Waals surface area (Å²) in [5.74, 6) is -0.595. The number of carbonyl (C=O) groups excluding carboxylic acids is 1. The van der Waals surface area contributed by atoms with Crippen LogP contribution in [0.1, 0.15) is 16.7 Å². The van der Waals surface area contributed by atoms with Gasteiger partial charge in [0.25, 0.3) is 0 Å². The fourth-order valence-electron chi connectivity index (χ4n) is 3.04. The Morgan fingerprint density at radius 3 is 2.26 bits per heavy atom. The van der Waals surface area contributed by atoms with Gasteiger partial charge in [0.05, 0.1) is 16.9 Å². The molecule has 1 amide bonds. The highest BCUT2D eigenvalue weighted by Gasteiger charge is 2.37. The summed E-state index contributed by atoms with van der Waals surface area (Å²) in [7, 11) is 0. The number of aromatic nitrogens is 3. The first-order valence-electron chi connectivity index (χ1n) is 9.71. The predicted octanol–water partition coefficient (Wildman–Crippen LogP) is 6.21. The lowest BCUT2D eigenvalue weighted by molar-refractivity contribution is -0.143. The van der Waals surface area contributed by atoms with Gasteiger partial charge in [-0.1, -0.05) is 41.6 Å². The zero-order valence-electron chi connectivity index (χ0n) is 17.7. The van der Waals surface area contributed by atoms with Gasteiger partial charge in [0.15, 0.2) is 11.0 Å². The molecule has 1 heterocycles. The first kappa shape index (κ1) is 25.3. The van der Waals surface area contributed by atoms with Crippen molar-refractivity contribution >= 4 is 23.4 Å². The molecule has 5 nitrogen and oxygen atoms in total. The molecule has 0 aliphatic heterocycles. The van der Waals surface area contributed by atoms with Gasteiger partial charge in [-0.2, -0.15) is 26.3 Å². The molecule has 12 heteroatoms. The van der Waals surface area contributed by atoms with Gasteiger partial charge in [-0.05, 0) is 31.2 Å². The van der Waals surface area contributed by atoms with Crippen LogP contribution in [0.4, 0.5) is 32.0 Å². The van der Waals surface area contributed by atoms with Crippen LogP contribution in [0.25, 0.3) is 11.4 Å². The minimum absolute atomic E-state index is 0.00497. The van der Waals surface area contributed by atoms with Crippen molar-refractivity contribution in [1.29, 1.82) is 0 Å². The Kier molecular flexibility index (Phi) is 7.39. The molecule has 180 valence electrons. The average molecular weight is 500 g/mol. The Morgan fingerprint density at radius 1 is 1.06 bits per heavy atom. The highest BCUT2D eigenvalue weighted by Crippen LogP contribution is 2.37. The summed E-state index contributed by atoms with van der Waals surface area (Å²) >= 11 is 0.939. The maximum absolute atomic E-state index is 13.0. The number of alkyl halides is 6. The van der Waals surface area contributed by atoms with E-state index in [0.29, 0.717) is 29.7 Å². The molecule has 1 aromatic heterocycles. The molecule has 0 fully saturated rings. The number of halogens is 6. The van der Waals surface area contributed by atoms with Gasteiger partial charge in [-0.15, -0.1) is 16.8 Å². The number of amides is 1. The molecule has 3 aromatic rings. The molecule has 0 saturated heterocycles. The third-order valence-electron chi connectivity index (χ3n) is 4.51. The van der Waals surface area contributed by atoms with Crippen molar-refractivity contribution in [1.82, 2.24) is 14.8 Å². The number of rotatable bonds is 7. The van der Waals surface area contributed by atoms with E-state index in [1.165, 1.54) is 0 Å². The molecule has 0 bridgehead atoms. The van der Waals surface area contributed by atoms with Crippen molar-refractivity contribution in [2.45, 2.75) is 31.0 Å². The Hall–Kier alpha value is -3.28. The van der Waals surface area contributed by atoms with Crippen LogP contribution in [0.15, 0.2) is 60.3 Å². The third kappa shape index (κ3) is 6.19. The maximum atomic E-state index is 13.0. The van der Waals surface area contributed by atoms with Crippen LogP contribution >= 0.6 is 11.8 Å². The summed E-state index contributed by atoms with van der Waals surface area (Å²) in [6.45, 7) is 5.92. The zero-order chi connectivity index (χ0) is 25.1. The number of benzene rings is 2. The van der Waals surface area contributed by atoms with E-state index in [2.05, 4.69) is 22.1 Å². The molecular formula is C22H18F6N4OS. The molecule has 0 radical (unpaired) electrons. The Bertz CT molecular complexity index is 1170. The maximum Gasteiger partial charge on any atom is 0.416 e. The molecule has 0 aliphatic rings. The quantitative estimate of drug-likeness (QED) is 0.238. The summed E-state index contributed by atoms with van der Waals surface area (Å²) in [6.07, 6.45) is -8.42. The topological polar surface area (TPSA) is 59.8 Å². The molecule has 34 heavy (non-hydrogen) atoms. The van der Waals surface area contributed by atoms with Gasteiger partial charge in [0.1, 0.15) is 0 Å². The number of carbonyl (C=O) groups is 1. The number of anilines is 1. The fourth-order valence-corrected chi connectivity index (χ4v) is 3.79. The highest BCUT2D eigenvalue weighted by atomic mass is 32.2. The number of nitrogens with zero attached hydrogens (tertiary/aromatic N) is 3. The van der Waals surface area contributed by atoms with Crippen molar-refractivity contribution in [3.63, 3.8) is 0 Å². The summed E-state index contributed by atoms with van der Waals surface area (Å²) in [4.78, 5) is 12.3. The summed E-state index contributed by atoms with van der Waals surface area (Å²) < 4.78 is 79.8. The molecule has 0 unspecified atom stereocenters. The van der Waals surface area contributed by atoms with E-state index < -0.39 is 35.1 Å². The first-order chi connectivity index (χ1) is 15.9. The molecule has 0 spiro atoms. The standard InChI is InChI=1S/C22H18F6N4OS/c1-3-7-32-19(14-6-4-5-13(2)8-14)30-31-20(32)34-12-18(33)29-17-10-15(21(23,24)25)9-16(11-17)22(26,27)28/h3-6,8-11H,1,7,12H2,2H3,(H,29,33). The van der Waals surface area contributed by atoms with E-state index in [9.17, 15) is 31.1 Å². The summed E-state index contributed by atoms with van der Waals surface area (Å²) in [6, 6.07) is 8.40. The molecule has 1 N–H and O–H groups in total. The average Bonchev–Trinajstić information content (AvgIpc) is 3.14. The minimum Gasteiger partial charge on any atom is -0.325 e. The van der Waals surface area contributed by atoms with Gasteiger partial charge < -0.3 is 5.32 Å². The lowest BCUT2D eigenvalue weighted by Gasteiger charge is -2.14. The second-order valence-electron chi connectivity index (χ2n) is 7.21. The van der Waals surface area contributed by atoms with E-state index >= 15 is 0 Å². The number of nitrogens with one attached hydrogen (secondary N) is 1. The molecule has 3 rings (SSSR count). The monoisotopic (exact) mass is 500 g/mol. The van der Waals surface area contributed by atoms with Gasteiger partial charge in [0, 0.05) is 17.8 Å². The van der Waals surface area contributed by atoms with E-state index in [1.54, 1.807) is 10.6 Å². The largest absolute Gasteiger partial charge is 0.416 e. The smallest absolute Gasteiger partial charge is 0.325 e. The van der Waals surface area contributed by atoms with Gasteiger partial charge in [0.2, 0.25) is 5.91 Å². The highest BCUT2D eigenvalue weighted by molar-refractivity contribution is 7.99. The second-order valence-corrected chi connectivity index (χ2v) is 8.15. The van der Waals surface area contributed by atoms with Gasteiger partial charge in [-0.3, -0.25) is 9.36 Å². The van der Waals surface area contributed by atoms with Crippen molar-refractivity contribution in [2.75, 3.05) is 11.1 Å². The number of aryl methyl sites for hydroxylation is 1. The zero-order valence-corrected chi connectivity index (χ0v) is 18.5. The lowest BCUT2D eigenvalue weighted by Crippen LogP contribution is -2.17. The van der Waals surface area contributed by atoms with Crippen molar-refractivity contribution in [3.05, 3.63) is 71.8 Å². The Balaban J connectivity index is 1.79. The molecule has 0 saturated carbocycles. The van der Waals surface area contributed by atoms with Crippen molar-refractivity contribution in [3.8, 4) is 11.4 Å². The van der Waals surface area contributed by atoms with Crippen LogP contribution in [0, 0.1) is 6.92 Å². The van der Waals surface area contributed by atoms with Gasteiger partial charge >= 0.3 is 12.4 Å². The van der Waals surface area contributed by atoms with Crippen molar-refractivity contribution < 1.29 is 31.1 Å². The lowest BCUT2D eigenvalue weighted by atomic mass is 10.1. The summed E-state index contributed by atoms with van der Waals surface area (Å²) in [5.41, 5.74) is -1.86. The van der Waals surface area contributed by atoms with Crippen LogP contribution in [-0.4, -0.2) is 26.4 Å². The van der Waals surface area contributed by atoms with Gasteiger partial charge in [-0.25, -0.2) is 0 Å². The van der Waals surface area contributed by atoms with Crippen LogP contribution in [0.5, 0.6) is 0 Å². The number of hydrogen-bond acceptors (Lipinski definition) is 4. The minimum atomic E-state index is -5.01. The normalized spacial score (nSPS) is 12.0.